The number of hydrogen-bond donors (Lipinski definition) is 1. The highest BCUT2D eigenvalue weighted by Crippen LogP contribution is 2.33. The third kappa shape index (κ3) is 5.69. The lowest BCUT2D eigenvalue weighted by atomic mass is 10.2. The average molecular weight is 363 g/mol. The zero-order valence-electron chi connectivity index (χ0n) is 14.0. The predicted octanol–water partition coefficient (Wildman–Crippen LogP) is 3.74. The molecule has 0 radical (unpaired) electrons. The second-order valence-electron chi connectivity index (χ2n) is 4.85. The number of carbonyl (C=O) groups is 1. The Balaban J connectivity index is 2.15. The number of hydrogen-bond acceptors (Lipinski definition) is 6. The maximum Gasteiger partial charge on any atom is 0.343 e. The van der Waals surface area contributed by atoms with Crippen molar-refractivity contribution in [3.05, 3.63) is 53.1 Å². The van der Waals surface area contributed by atoms with Crippen LogP contribution in [0.25, 0.3) is 0 Å². The van der Waals surface area contributed by atoms with E-state index in [0.29, 0.717) is 28.7 Å². The van der Waals surface area contributed by atoms with E-state index >= 15 is 0 Å². The molecule has 0 unspecified atom stereocenters. The number of rotatable bonds is 8. The summed E-state index contributed by atoms with van der Waals surface area (Å²) in [6.07, 6.45) is 1.59. The zero-order valence-corrected chi connectivity index (χ0v) is 14.7. The Bertz CT molecular complexity index is 735. The zero-order chi connectivity index (χ0) is 18.1. The largest absolute Gasteiger partial charge is 0.490 e. The van der Waals surface area contributed by atoms with Crippen LogP contribution in [0.4, 0.5) is 5.69 Å². The molecule has 0 aliphatic rings. The van der Waals surface area contributed by atoms with Gasteiger partial charge in [0.1, 0.15) is 0 Å². The van der Waals surface area contributed by atoms with Crippen molar-refractivity contribution in [3.63, 3.8) is 0 Å². The summed E-state index contributed by atoms with van der Waals surface area (Å²) in [5, 5.41) is 4.58. The molecule has 7 heteroatoms. The first-order chi connectivity index (χ1) is 12.1. The molecule has 0 fully saturated rings. The maximum atomic E-state index is 11.2. The maximum absolute atomic E-state index is 11.2. The standard InChI is InChI=1S/C18H19ClN2O4/c1-3-24-16-9-13(11-20-21-14-7-5-4-6-8-14)15(19)10-17(16)25-12-18(22)23-2/h4-11,21H,3,12H2,1-2H3. The average Bonchev–Trinajstić information content (AvgIpc) is 2.63. The molecule has 0 saturated carbocycles. The second-order valence-corrected chi connectivity index (χ2v) is 5.26. The van der Waals surface area contributed by atoms with Crippen molar-refractivity contribution in [1.29, 1.82) is 0 Å². The molecule has 0 aliphatic heterocycles. The van der Waals surface area contributed by atoms with Crippen LogP contribution in [0.3, 0.4) is 0 Å². The Hall–Kier alpha value is -2.73. The number of carbonyl (C=O) groups excluding carboxylic acids is 1. The molecule has 0 bridgehead atoms. The van der Waals surface area contributed by atoms with E-state index in [0.717, 1.165) is 5.69 Å². The highest BCUT2D eigenvalue weighted by molar-refractivity contribution is 6.33. The van der Waals surface area contributed by atoms with Gasteiger partial charge in [0.15, 0.2) is 18.1 Å². The van der Waals surface area contributed by atoms with Crippen LogP contribution in [0.2, 0.25) is 5.02 Å². The molecular weight excluding hydrogens is 344 g/mol. The highest BCUT2D eigenvalue weighted by Gasteiger charge is 2.12. The van der Waals surface area contributed by atoms with Crippen LogP contribution in [0, 0.1) is 0 Å². The van der Waals surface area contributed by atoms with Gasteiger partial charge in [-0.05, 0) is 25.1 Å². The van der Waals surface area contributed by atoms with Gasteiger partial charge >= 0.3 is 5.97 Å². The molecule has 2 aromatic carbocycles. The lowest BCUT2D eigenvalue weighted by Crippen LogP contribution is -2.13. The third-order valence-electron chi connectivity index (χ3n) is 3.11. The minimum atomic E-state index is -0.490. The van der Waals surface area contributed by atoms with Gasteiger partial charge in [-0.15, -0.1) is 0 Å². The van der Waals surface area contributed by atoms with E-state index < -0.39 is 5.97 Å². The summed E-state index contributed by atoms with van der Waals surface area (Å²) < 4.78 is 15.5. The number of anilines is 1. The van der Waals surface area contributed by atoms with E-state index in [2.05, 4.69) is 15.3 Å². The van der Waals surface area contributed by atoms with Crippen LogP contribution >= 0.6 is 11.6 Å². The molecule has 1 N–H and O–H groups in total. The lowest BCUT2D eigenvalue weighted by molar-refractivity contribution is -0.142. The number of nitrogens with one attached hydrogen (secondary N) is 1. The Morgan fingerprint density at radius 1 is 1.20 bits per heavy atom. The van der Waals surface area contributed by atoms with Gasteiger partial charge in [-0.2, -0.15) is 5.10 Å². The number of nitrogens with zero attached hydrogens (tertiary/aromatic N) is 1. The van der Waals surface area contributed by atoms with Gasteiger partial charge in [-0.25, -0.2) is 4.79 Å². The molecule has 0 amide bonds. The summed E-state index contributed by atoms with van der Waals surface area (Å²) in [4.78, 5) is 11.2. The number of halogens is 1. The summed E-state index contributed by atoms with van der Waals surface area (Å²) in [7, 11) is 1.29. The van der Waals surface area contributed by atoms with Gasteiger partial charge in [-0.1, -0.05) is 29.8 Å². The second kappa shape index (κ2) is 9.54. The quantitative estimate of drug-likeness (QED) is 0.440. The van der Waals surface area contributed by atoms with Crippen molar-refractivity contribution < 1.29 is 19.0 Å². The van der Waals surface area contributed by atoms with Crippen molar-refractivity contribution in [2.24, 2.45) is 5.10 Å². The van der Waals surface area contributed by atoms with Gasteiger partial charge in [0.25, 0.3) is 0 Å². The van der Waals surface area contributed by atoms with Crippen molar-refractivity contribution in [2.75, 3.05) is 25.7 Å². The molecular formula is C18H19ClN2O4. The fourth-order valence-electron chi connectivity index (χ4n) is 1.92. The van der Waals surface area contributed by atoms with E-state index in [1.165, 1.54) is 7.11 Å². The summed E-state index contributed by atoms with van der Waals surface area (Å²) in [6, 6.07) is 12.8. The van der Waals surface area contributed by atoms with Crippen LogP contribution < -0.4 is 14.9 Å². The molecule has 2 aromatic rings. The fourth-order valence-corrected chi connectivity index (χ4v) is 2.12. The van der Waals surface area contributed by atoms with Crippen molar-refractivity contribution >= 4 is 29.5 Å². The molecule has 25 heavy (non-hydrogen) atoms. The minimum Gasteiger partial charge on any atom is -0.490 e. The number of esters is 1. The Kier molecular flexibility index (Phi) is 7.10. The number of benzene rings is 2. The summed E-state index contributed by atoms with van der Waals surface area (Å²) >= 11 is 6.26. The number of ether oxygens (including phenoxy) is 3. The van der Waals surface area contributed by atoms with Crippen LogP contribution in [0.1, 0.15) is 12.5 Å². The minimum absolute atomic E-state index is 0.226. The first-order valence-electron chi connectivity index (χ1n) is 7.64. The Morgan fingerprint density at radius 3 is 2.60 bits per heavy atom. The number of methoxy groups -OCH3 is 1. The predicted molar refractivity (Wildman–Crippen MR) is 97.8 cm³/mol. The van der Waals surface area contributed by atoms with Crippen LogP contribution in [0.5, 0.6) is 11.5 Å². The van der Waals surface area contributed by atoms with E-state index in [4.69, 9.17) is 21.1 Å². The van der Waals surface area contributed by atoms with Gasteiger partial charge in [-0.3, -0.25) is 5.43 Å². The van der Waals surface area contributed by atoms with Crippen LogP contribution in [-0.4, -0.2) is 32.5 Å². The summed E-state index contributed by atoms with van der Waals surface area (Å²) in [5.41, 5.74) is 4.42. The number of para-hydroxylation sites is 1. The molecule has 2 rings (SSSR count). The first-order valence-corrected chi connectivity index (χ1v) is 8.02. The molecule has 0 saturated heterocycles. The van der Waals surface area contributed by atoms with Crippen molar-refractivity contribution in [1.82, 2.24) is 0 Å². The van der Waals surface area contributed by atoms with Crippen molar-refractivity contribution in [3.8, 4) is 11.5 Å². The normalized spacial score (nSPS) is 10.5. The van der Waals surface area contributed by atoms with Gasteiger partial charge in [0.2, 0.25) is 0 Å². The van der Waals surface area contributed by atoms with E-state index in [1.54, 1.807) is 18.3 Å². The van der Waals surface area contributed by atoms with Crippen molar-refractivity contribution in [2.45, 2.75) is 6.92 Å². The van der Waals surface area contributed by atoms with Gasteiger partial charge in [0, 0.05) is 11.6 Å². The van der Waals surface area contributed by atoms with Gasteiger partial charge < -0.3 is 14.2 Å². The summed E-state index contributed by atoms with van der Waals surface area (Å²) in [5.74, 6) is 0.346. The first kappa shape index (κ1) is 18.6. The molecule has 0 spiro atoms. The monoisotopic (exact) mass is 362 g/mol. The Morgan fingerprint density at radius 2 is 1.92 bits per heavy atom. The lowest BCUT2D eigenvalue weighted by Gasteiger charge is -2.13. The molecule has 0 atom stereocenters. The van der Waals surface area contributed by atoms with E-state index in [9.17, 15) is 4.79 Å². The van der Waals surface area contributed by atoms with Gasteiger partial charge in [0.05, 0.1) is 30.6 Å². The molecule has 6 nitrogen and oxygen atoms in total. The number of hydrazone groups is 1. The van der Waals surface area contributed by atoms with Crippen LogP contribution in [0.15, 0.2) is 47.6 Å². The summed E-state index contributed by atoms with van der Waals surface area (Å²) in [6.45, 7) is 2.06. The SMILES string of the molecule is CCOc1cc(C=NNc2ccccc2)c(Cl)cc1OCC(=O)OC. The molecule has 0 aliphatic carbocycles. The molecule has 0 heterocycles. The molecule has 132 valence electrons. The van der Waals surface area contributed by atoms with E-state index in [1.807, 2.05) is 37.3 Å². The van der Waals surface area contributed by atoms with Crippen LogP contribution in [-0.2, 0) is 9.53 Å². The Labute approximate surface area is 151 Å². The molecule has 0 aromatic heterocycles. The third-order valence-corrected chi connectivity index (χ3v) is 3.43. The highest BCUT2D eigenvalue weighted by atomic mass is 35.5. The smallest absolute Gasteiger partial charge is 0.343 e. The topological polar surface area (TPSA) is 69.1 Å². The fraction of sp³-hybridized carbons (Fsp3) is 0.222. The van der Waals surface area contributed by atoms with E-state index in [-0.39, 0.29) is 6.61 Å².